The fraction of sp³-hybridized carbons (Fsp3) is 0.214. The molecule has 0 aliphatic rings. The monoisotopic (exact) mass is 273 g/mol. The molecule has 1 N–H and O–H groups in total. The summed E-state index contributed by atoms with van der Waals surface area (Å²) in [4.78, 5) is 14.6. The standard InChI is InChI=1S/C14H15N3O3/c1-10-12(4-3-5-13(10)17(18)19)15-8-11-6-7-14(20-2)16-9-11/h3-7,9,15H,8H2,1-2H3. The molecule has 104 valence electrons. The molecule has 0 saturated carbocycles. The van der Waals surface area contributed by atoms with Gasteiger partial charge in [-0.25, -0.2) is 4.98 Å². The summed E-state index contributed by atoms with van der Waals surface area (Å²) in [7, 11) is 1.56. The van der Waals surface area contributed by atoms with Gasteiger partial charge in [-0.3, -0.25) is 10.1 Å². The highest BCUT2D eigenvalue weighted by molar-refractivity contribution is 5.59. The van der Waals surface area contributed by atoms with Gasteiger partial charge in [-0.1, -0.05) is 12.1 Å². The van der Waals surface area contributed by atoms with Crippen LogP contribution in [0.3, 0.4) is 0 Å². The van der Waals surface area contributed by atoms with E-state index in [0.717, 1.165) is 11.3 Å². The van der Waals surface area contributed by atoms with Crippen LogP contribution in [-0.4, -0.2) is 17.0 Å². The van der Waals surface area contributed by atoms with E-state index < -0.39 is 0 Å². The lowest BCUT2D eigenvalue weighted by atomic mass is 10.1. The van der Waals surface area contributed by atoms with E-state index in [1.165, 1.54) is 6.07 Å². The second-order valence-electron chi connectivity index (χ2n) is 4.27. The van der Waals surface area contributed by atoms with Crippen molar-refractivity contribution in [2.24, 2.45) is 0 Å². The molecule has 0 atom stereocenters. The van der Waals surface area contributed by atoms with Crippen LogP contribution in [0.4, 0.5) is 11.4 Å². The number of rotatable bonds is 5. The molecule has 0 aliphatic heterocycles. The van der Waals surface area contributed by atoms with Gasteiger partial charge < -0.3 is 10.1 Å². The van der Waals surface area contributed by atoms with Crippen LogP contribution in [0.15, 0.2) is 36.5 Å². The Morgan fingerprint density at radius 3 is 2.75 bits per heavy atom. The summed E-state index contributed by atoms with van der Waals surface area (Å²) in [6, 6.07) is 8.65. The molecule has 0 saturated heterocycles. The normalized spacial score (nSPS) is 10.1. The van der Waals surface area contributed by atoms with Gasteiger partial charge in [0.2, 0.25) is 5.88 Å². The van der Waals surface area contributed by atoms with Gasteiger partial charge in [0.25, 0.3) is 5.69 Å². The van der Waals surface area contributed by atoms with Crippen molar-refractivity contribution in [3.8, 4) is 5.88 Å². The Balaban J connectivity index is 2.10. The first-order valence-electron chi connectivity index (χ1n) is 6.08. The highest BCUT2D eigenvalue weighted by Crippen LogP contribution is 2.25. The van der Waals surface area contributed by atoms with Crippen LogP contribution in [0.25, 0.3) is 0 Å². The van der Waals surface area contributed by atoms with Gasteiger partial charge >= 0.3 is 0 Å². The van der Waals surface area contributed by atoms with Crippen LogP contribution in [0.1, 0.15) is 11.1 Å². The van der Waals surface area contributed by atoms with Gasteiger partial charge in [0.05, 0.1) is 12.0 Å². The first-order chi connectivity index (χ1) is 9.61. The number of ether oxygens (including phenoxy) is 1. The minimum absolute atomic E-state index is 0.114. The van der Waals surface area contributed by atoms with Crippen molar-refractivity contribution in [2.45, 2.75) is 13.5 Å². The van der Waals surface area contributed by atoms with Crippen LogP contribution in [-0.2, 0) is 6.54 Å². The molecule has 1 aromatic heterocycles. The van der Waals surface area contributed by atoms with Crippen LogP contribution in [0.5, 0.6) is 5.88 Å². The van der Waals surface area contributed by atoms with Gasteiger partial charge in [-0.15, -0.1) is 0 Å². The molecule has 0 spiro atoms. The third kappa shape index (κ3) is 3.03. The molecule has 1 heterocycles. The third-order valence-electron chi connectivity index (χ3n) is 2.99. The SMILES string of the molecule is COc1ccc(CNc2cccc([N+](=O)[O-])c2C)cn1. The summed E-state index contributed by atoms with van der Waals surface area (Å²) in [5, 5.41) is 14.0. The van der Waals surface area contributed by atoms with Crippen molar-refractivity contribution in [3.63, 3.8) is 0 Å². The minimum atomic E-state index is -0.380. The number of hydrogen-bond donors (Lipinski definition) is 1. The van der Waals surface area contributed by atoms with Crippen LogP contribution in [0, 0.1) is 17.0 Å². The molecular weight excluding hydrogens is 258 g/mol. The number of nitrogens with one attached hydrogen (secondary N) is 1. The lowest BCUT2D eigenvalue weighted by molar-refractivity contribution is -0.385. The summed E-state index contributed by atoms with van der Waals surface area (Å²) in [6.45, 7) is 2.27. The first kappa shape index (κ1) is 13.8. The van der Waals surface area contributed by atoms with Crippen molar-refractivity contribution >= 4 is 11.4 Å². The molecule has 0 radical (unpaired) electrons. The zero-order chi connectivity index (χ0) is 14.5. The number of aromatic nitrogens is 1. The number of benzene rings is 1. The fourth-order valence-corrected chi connectivity index (χ4v) is 1.85. The van der Waals surface area contributed by atoms with Crippen LogP contribution >= 0.6 is 0 Å². The second kappa shape index (κ2) is 6.01. The lowest BCUT2D eigenvalue weighted by Gasteiger charge is -2.09. The molecule has 0 fully saturated rings. The van der Waals surface area contributed by atoms with Gasteiger partial charge in [-0.2, -0.15) is 0 Å². The predicted octanol–water partition coefficient (Wildman–Crippen LogP) is 2.92. The number of hydrogen-bond acceptors (Lipinski definition) is 5. The van der Waals surface area contributed by atoms with E-state index in [1.54, 1.807) is 32.4 Å². The summed E-state index contributed by atoms with van der Waals surface area (Å²) >= 11 is 0. The summed E-state index contributed by atoms with van der Waals surface area (Å²) < 4.78 is 4.99. The molecule has 1 aromatic carbocycles. The number of pyridine rings is 1. The van der Waals surface area contributed by atoms with E-state index in [1.807, 2.05) is 12.1 Å². The van der Waals surface area contributed by atoms with Gasteiger partial charge in [-0.05, 0) is 18.6 Å². The van der Waals surface area contributed by atoms with Crippen molar-refractivity contribution < 1.29 is 9.66 Å². The van der Waals surface area contributed by atoms with Gasteiger partial charge in [0, 0.05) is 36.1 Å². The number of nitro groups is 1. The number of nitrogens with zero attached hydrogens (tertiary/aromatic N) is 2. The maximum Gasteiger partial charge on any atom is 0.274 e. The first-order valence-corrected chi connectivity index (χ1v) is 6.08. The van der Waals surface area contributed by atoms with Crippen LogP contribution in [0.2, 0.25) is 0 Å². The van der Waals surface area contributed by atoms with E-state index in [2.05, 4.69) is 10.3 Å². The zero-order valence-electron chi connectivity index (χ0n) is 11.3. The van der Waals surface area contributed by atoms with E-state index in [9.17, 15) is 10.1 Å². The number of anilines is 1. The molecule has 6 nitrogen and oxygen atoms in total. The third-order valence-corrected chi connectivity index (χ3v) is 2.99. The fourth-order valence-electron chi connectivity index (χ4n) is 1.85. The van der Waals surface area contributed by atoms with Gasteiger partial charge in [0.15, 0.2) is 0 Å². The topological polar surface area (TPSA) is 77.3 Å². The van der Waals surface area contributed by atoms with Gasteiger partial charge in [0.1, 0.15) is 0 Å². The highest BCUT2D eigenvalue weighted by atomic mass is 16.6. The molecule has 0 amide bonds. The van der Waals surface area contributed by atoms with E-state index >= 15 is 0 Å². The Bertz CT molecular complexity index is 612. The largest absolute Gasteiger partial charge is 0.481 e. The summed E-state index contributed by atoms with van der Waals surface area (Å²) in [5.74, 6) is 0.556. The Labute approximate surface area is 116 Å². The number of nitro benzene ring substituents is 1. The highest BCUT2D eigenvalue weighted by Gasteiger charge is 2.12. The summed E-state index contributed by atoms with van der Waals surface area (Å²) in [5.41, 5.74) is 2.45. The molecule has 0 bridgehead atoms. The Morgan fingerprint density at radius 1 is 1.35 bits per heavy atom. The average molecular weight is 273 g/mol. The van der Waals surface area contributed by atoms with E-state index in [0.29, 0.717) is 18.0 Å². The molecule has 6 heteroatoms. The van der Waals surface area contributed by atoms with Crippen molar-refractivity contribution in [3.05, 3.63) is 57.8 Å². The average Bonchev–Trinajstić information content (AvgIpc) is 2.46. The molecule has 2 rings (SSSR count). The summed E-state index contributed by atoms with van der Waals surface area (Å²) in [6.07, 6.45) is 1.71. The van der Waals surface area contributed by atoms with Crippen LogP contribution < -0.4 is 10.1 Å². The molecule has 0 aliphatic carbocycles. The second-order valence-corrected chi connectivity index (χ2v) is 4.27. The smallest absolute Gasteiger partial charge is 0.274 e. The van der Waals surface area contributed by atoms with Crippen molar-refractivity contribution in [1.82, 2.24) is 4.98 Å². The molecule has 20 heavy (non-hydrogen) atoms. The Hall–Kier alpha value is -2.63. The predicted molar refractivity (Wildman–Crippen MR) is 75.9 cm³/mol. The van der Waals surface area contributed by atoms with Crippen molar-refractivity contribution in [2.75, 3.05) is 12.4 Å². The maximum absolute atomic E-state index is 10.9. The van der Waals surface area contributed by atoms with E-state index in [-0.39, 0.29) is 10.6 Å². The van der Waals surface area contributed by atoms with Crippen molar-refractivity contribution in [1.29, 1.82) is 0 Å². The molecule has 2 aromatic rings. The number of methoxy groups -OCH3 is 1. The molecular formula is C14H15N3O3. The quantitative estimate of drug-likeness (QED) is 0.669. The molecule has 0 unspecified atom stereocenters. The Morgan fingerprint density at radius 2 is 2.15 bits per heavy atom. The zero-order valence-corrected chi connectivity index (χ0v) is 11.3. The lowest BCUT2D eigenvalue weighted by Crippen LogP contribution is -2.03. The Kier molecular flexibility index (Phi) is 4.14. The minimum Gasteiger partial charge on any atom is -0.481 e. The van der Waals surface area contributed by atoms with E-state index in [4.69, 9.17) is 4.74 Å². The maximum atomic E-state index is 10.9.